The van der Waals surface area contributed by atoms with Gasteiger partial charge in [0.1, 0.15) is 0 Å². The molecular formula is C14H20N2O2S. The fraction of sp³-hybridized carbons (Fsp3) is 0.571. The van der Waals surface area contributed by atoms with Gasteiger partial charge in [0.2, 0.25) is 10.0 Å². The molecule has 1 aromatic rings. The minimum atomic E-state index is -2.98. The molecule has 0 amide bonds. The molecule has 1 N–H and O–H groups in total. The lowest BCUT2D eigenvalue weighted by Crippen LogP contribution is -2.38. The van der Waals surface area contributed by atoms with Crippen LogP contribution in [0, 0.1) is 0 Å². The minimum Gasteiger partial charge on any atom is -0.384 e. The number of para-hydroxylation sites is 1. The Morgan fingerprint density at radius 3 is 2.95 bits per heavy atom. The molecule has 1 saturated heterocycles. The van der Waals surface area contributed by atoms with E-state index >= 15 is 0 Å². The van der Waals surface area contributed by atoms with Crippen LogP contribution in [0.5, 0.6) is 0 Å². The van der Waals surface area contributed by atoms with Crippen LogP contribution < -0.4 is 5.32 Å². The molecule has 4 nitrogen and oxygen atoms in total. The lowest BCUT2D eigenvalue weighted by Gasteiger charge is -2.27. The molecule has 0 spiro atoms. The van der Waals surface area contributed by atoms with Gasteiger partial charge in [-0.1, -0.05) is 18.2 Å². The predicted octanol–water partition coefficient (Wildman–Crippen LogP) is 2.01. The molecule has 0 saturated carbocycles. The van der Waals surface area contributed by atoms with Crippen LogP contribution in [0.1, 0.15) is 30.7 Å². The van der Waals surface area contributed by atoms with Crippen molar-refractivity contribution < 1.29 is 8.42 Å². The molecule has 1 atom stereocenters. The van der Waals surface area contributed by atoms with Gasteiger partial charge in [0.25, 0.3) is 0 Å². The first-order chi connectivity index (χ1) is 9.17. The Bertz CT molecular complexity index is 556. The number of hydrogen-bond donors (Lipinski definition) is 1. The van der Waals surface area contributed by atoms with Crippen LogP contribution in [0.15, 0.2) is 24.3 Å². The zero-order valence-corrected chi connectivity index (χ0v) is 11.8. The van der Waals surface area contributed by atoms with Gasteiger partial charge < -0.3 is 5.32 Å². The summed E-state index contributed by atoms with van der Waals surface area (Å²) in [6, 6.07) is 8.32. The van der Waals surface area contributed by atoms with Crippen LogP contribution in [-0.4, -0.2) is 38.1 Å². The van der Waals surface area contributed by atoms with Crippen molar-refractivity contribution in [1.82, 2.24) is 4.31 Å². The van der Waals surface area contributed by atoms with Crippen molar-refractivity contribution in [2.24, 2.45) is 0 Å². The second kappa shape index (κ2) is 5.13. The Morgan fingerprint density at radius 1 is 1.26 bits per heavy atom. The molecule has 104 valence electrons. The van der Waals surface area contributed by atoms with Gasteiger partial charge in [0, 0.05) is 31.2 Å². The summed E-state index contributed by atoms with van der Waals surface area (Å²) in [5.74, 6) is 0.764. The number of nitrogens with zero attached hydrogens (tertiary/aromatic N) is 1. The number of fused-ring (bicyclic) bond motifs is 1. The molecule has 2 aliphatic rings. The van der Waals surface area contributed by atoms with Crippen LogP contribution in [0.25, 0.3) is 0 Å². The first kappa shape index (κ1) is 12.9. The second-order valence-electron chi connectivity index (χ2n) is 5.38. The lowest BCUT2D eigenvalue weighted by molar-refractivity contribution is 0.369. The quantitative estimate of drug-likeness (QED) is 0.921. The largest absolute Gasteiger partial charge is 0.384 e. The van der Waals surface area contributed by atoms with Crippen LogP contribution in [0.2, 0.25) is 0 Å². The highest BCUT2D eigenvalue weighted by Crippen LogP contribution is 2.33. The monoisotopic (exact) mass is 280 g/mol. The number of benzene rings is 1. The molecule has 3 rings (SSSR count). The zero-order chi connectivity index (χ0) is 13.3. The van der Waals surface area contributed by atoms with Crippen molar-refractivity contribution in [2.45, 2.75) is 25.2 Å². The molecule has 2 aliphatic heterocycles. The van der Waals surface area contributed by atoms with Crippen LogP contribution in [0.3, 0.4) is 0 Å². The van der Waals surface area contributed by atoms with E-state index in [0.29, 0.717) is 24.8 Å². The summed E-state index contributed by atoms with van der Waals surface area (Å²) in [4.78, 5) is 0. The molecule has 19 heavy (non-hydrogen) atoms. The molecule has 1 unspecified atom stereocenters. The third-order valence-electron chi connectivity index (χ3n) is 4.12. The fourth-order valence-corrected chi connectivity index (χ4v) is 4.62. The van der Waals surface area contributed by atoms with Crippen molar-refractivity contribution in [3.8, 4) is 0 Å². The van der Waals surface area contributed by atoms with E-state index in [1.165, 1.54) is 11.3 Å². The highest BCUT2D eigenvalue weighted by atomic mass is 32.2. The summed E-state index contributed by atoms with van der Waals surface area (Å²) in [5.41, 5.74) is 2.53. The van der Waals surface area contributed by atoms with Crippen molar-refractivity contribution in [3.63, 3.8) is 0 Å². The molecule has 2 heterocycles. The summed E-state index contributed by atoms with van der Waals surface area (Å²) in [6.45, 7) is 2.28. The first-order valence-electron chi connectivity index (χ1n) is 6.97. The van der Waals surface area contributed by atoms with Gasteiger partial charge in [-0.2, -0.15) is 0 Å². The van der Waals surface area contributed by atoms with E-state index in [1.54, 1.807) is 4.31 Å². The third-order valence-corrected chi connectivity index (χ3v) is 6.08. The maximum absolute atomic E-state index is 11.9. The van der Waals surface area contributed by atoms with Crippen molar-refractivity contribution in [2.75, 3.05) is 30.7 Å². The Kier molecular flexibility index (Phi) is 3.50. The average molecular weight is 280 g/mol. The van der Waals surface area contributed by atoms with E-state index in [4.69, 9.17) is 0 Å². The fourth-order valence-electron chi connectivity index (χ4n) is 3.01. The van der Waals surface area contributed by atoms with Crippen LogP contribution >= 0.6 is 0 Å². The van der Waals surface area contributed by atoms with E-state index in [-0.39, 0.29) is 0 Å². The van der Waals surface area contributed by atoms with Crippen molar-refractivity contribution >= 4 is 15.7 Å². The van der Waals surface area contributed by atoms with E-state index < -0.39 is 10.0 Å². The van der Waals surface area contributed by atoms with E-state index in [1.807, 2.05) is 6.07 Å². The van der Waals surface area contributed by atoms with Gasteiger partial charge in [0.15, 0.2) is 0 Å². The van der Waals surface area contributed by atoms with Gasteiger partial charge in [-0.3, -0.25) is 0 Å². The van der Waals surface area contributed by atoms with Crippen molar-refractivity contribution in [3.05, 3.63) is 29.8 Å². The Morgan fingerprint density at radius 2 is 2.11 bits per heavy atom. The first-order valence-corrected chi connectivity index (χ1v) is 8.58. The standard InChI is InChI=1S/C14H20N2O2S/c17-19(18)10-4-3-8-16(19)9-7-12-11-15-14-6-2-1-5-13(12)14/h1-2,5-6,12,15H,3-4,7-11H2. The lowest BCUT2D eigenvalue weighted by atomic mass is 9.98. The van der Waals surface area contributed by atoms with E-state index in [0.717, 1.165) is 25.8 Å². The van der Waals surface area contributed by atoms with E-state index in [9.17, 15) is 8.42 Å². The van der Waals surface area contributed by atoms with Crippen molar-refractivity contribution in [1.29, 1.82) is 0 Å². The molecule has 0 aromatic heterocycles. The van der Waals surface area contributed by atoms with Gasteiger partial charge in [-0.15, -0.1) is 0 Å². The normalized spacial score (nSPS) is 25.8. The number of rotatable bonds is 3. The predicted molar refractivity (Wildman–Crippen MR) is 76.9 cm³/mol. The summed E-state index contributed by atoms with van der Waals surface area (Å²) in [7, 11) is -2.98. The summed E-state index contributed by atoms with van der Waals surface area (Å²) in [6.07, 6.45) is 2.72. The van der Waals surface area contributed by atoms with Crippen LogP contribution in [-0.2, 0) is 10.0 Å². The smallest absolute Gasteiger partial charge is 0.214 e. The highest BCUT2D eigenvalue weighted by Gasteiger charge is 2.28. The summed E-state index contributed by atoms with van der Waals surface area (Å²) < 4.78 is 25.6. The molecule has 1 aromatic carbocycles. The Hall–Kier alpha value is -1.07. The number of nitrogens with one attached hydrogen (secondary N) is 1. The summed E-state index contributed by atoms with van der Waals surface area (Å²) >= 11 is 0. The SMILES string of the molecule is O=S1(=O)CCCCN1CCC1CNc2ccccc21. The number of hydrogen-bond acceptors (Lipinski definition) is 3. The molecule has 0 bridgehead atoms. The average Bonchev–Trinajstić information content (AvgIpc) is 2.80. The third kappa shape index (κ3) is 2.62. The zero-order valence-electron chi connectivity index (χ0n) is 11.0. The van der Waals surface area contributed by atoms with Gasteiger partial charge in [0.05, 0.1) is 5.75 Å². The van der Waals surface area contributed by atoms with Gasteiger partial charge in [-0.05, 0) is 30.9 Å². The van der Waals surface area contributed by atoms with Gasteiger partial charge in [-0.25, -0.2) is 12.7 Å². The van der Waals surface area contributed by atoms with E-state index in [2.05, 4.69) is 23.5 Å². The molecule has 0 aliphatic carbocycles. The Balaban J connectivity index is 1.65. The highest BCUT2D eigenvalue weighted by molar-refractivity contribution is 7.89. The molecule has 5 heteroatoms. The molecular weight excluding hydrogens is 260 g/mol. The maximum Gasteiger partial charge on any atom is 0.214 e. The minimum absolute atomic E-state index is 0.326. The molecule has 0 radical (unpaired) electrons. The summed E-state index contributed by atoms with van der Waals surface area (Å²) in [5, 5.41) is 3.39. The van der Waals surface area contributed by atoms with Crippen LogP contribution in [0.4, 0.5) is 5.69 Å². The number of anilines is 1. The Labute approximate surface area is 114 Å². The topological polar surface area (TPSA) is 49.4 Å². The number of sulfonamides is 1. The molecule has 1 fully saturated rings. The second-order valence-corrected chi connectivity index (χ2v) is 7.46. The maximum atomic E-state index is 11.9. The van der Waals surface area contributed by atoms with Gasteiger partial charge >= 0.3 is 0 Å².